The van der Waals surface area contributed by atoms with Crippen LogP contribution in [0, 0.1) is 0 Å². The molecule has 0 aromatic heterocycles. The Labute approximate surface area is 63.3 Å². The molecule has 1 aromatic carbocycles. The molecule has 1 aromatic rings. The zero-order chi connectivity index (χ0) is 8.27. The standard InChI is InChI=1S/C8H8F2O/c9-4-6-2-1-3-8(11)7(6)5-10/h1-3,11H,4-5H2. The second kappa shape index (κ2) is 3.32. The molecule has 0 aliphatic rings. The number of halogens is 2. The van der Waals surface area contributed by atoms with E-state index in [2.05, 4.69) is 0 Å². The summed E-state index contributed by atoms with van der Waals surface area (Å²) >= 11 is 0. The number of alkyl halides is 2. The van der Waals surface area contributed by atoms with Crippen LogP contribution in [0.2, 0.25) is 0 Å². The Morgan fingerprint density at radius 2 is 1.91 bits per heavy atom. The SMILES string of the molecule is Oc1cccc(CF)c1CF. The first-order valence-electron chi connectivity index (χ1n) is 3.21. The van der Waals surface area contributed by atoms with Crippen LogP contribution in [0.3, 0.4) is 0 Å². The van der Waals surface area contributed by atoms with Crippen molar-refractivity contribution in [3.63, 3.8) is 0 Å². The van der Waals surface area contributed by atoms with Crippen LogP contribution in [0.5, 0.6) is 5.75 Å². The Morgan fingerprint density at radius 1 is 1.18 bits per heavy atom. The summed E-state index contributed by atoms with van der Waals surface area (Å²) in [5, 5.41) is 9.02. The number of phenolic OH excluding ortho intramolecular Hbond substituents is 1. The molecule has 0 saturated heterocycles. The highest BCUT2D eigenvalue weighted by atomic mass is 19.1. The Kier molecular flexibility index (Phi) is 2.41. The molecule has 11 heavy (non-hydrogen) atoms. The summed E-state index contributed by atoms with van der Waals surface area (Å²) in [5.74, 6) is -0.178. The van der Waals surface area contributed by atoms with Gasteiger partial charge in [-0.25, -0.2) is 8.78 Å². The lowest BCUT2D eigenvalue weighted by molar-refractivity contribution is 0.418. The quantitative estimate of drug-likeness (QED) is 0.700. The van der Waals surface area contributed by atoms with Gasteiger partial charge in [-0.05, 0) is 11.6 Å². The molecular weight excluding hydrogens is 150 g/mol. The van der Waals surface area contributed by atoms with Gasteiger partial charge in [-0.1, -0.05) is 12.1 Å². The molecule has 0 atom stereocenters. The zero-order valence-electron chi connectivity index (χ0n) is 5.85. The first-order valence-corrected chi connectivity index (χ1v) is 3.21. The van der Waals surface area contributed by atoms with E-state index in [-0.39, 0.29) is 16.9 Å². The Balaban J connectivity index is 3.13. The Bertz CT molecular complexity index is 248. The smallest absolute Gasteiger partial charge is 0.121 e. The number of rotatable bonds is 2. The molecule has 0 radical (unpaired) electrons. The average molecular weight is 158 g/mol. The van der Waals surface area contributed by atoms with Crippen molar-refractivity contribution in [2.45, 2.75) is 13.3 Å². The second-order valence-corrected chi connectivity index (χ2v) is 2.18. The number of aromatic hydroxyl groups is 1. The Morgan fingerprint density at radius 3 is 2.36 bits per heavy atom. The van der Waals surface area contributed by atoms with Crippen LogP contribution in [0.15, 0.2) is 18.2 Å². The lowest BCUT2D eigenvalue weighted by atomic mass is 10.1. The summed E-state index contributed by atoms with van der Waals surface area (Å²) in [7, 11) is 0. The highest BCUT2D eigenvalue weighted by Crippen LogP contribution is 2.22. The molecule has 0 spiro atoms. The zero-order valence-corrected chi connectivity index (χ0v) is 5.85. The third kappa shape index (κ3) is 1.48. The second-order valence-electron chi connectivity index (χ2n) is 2.18. The van der Waals surface area contributed by atoms with Crippen molar-refractivity contribution < 1.29 is 13.9 Å². The normalized spacial score (nSPS) is 10.0. The Hall–Kier alpha value is -1.12. The van der Waals surface area contributed by atoms with Crippen molar-refractivity contribution in [3.8, 4) is 5.75 Å². The molecular formula is C8H8F2O. The molecule has 60 valence electrons. The van der Waals surface area contributed by atoms with Gasteiger partial charge in [-0.15, -0.1) is 0 Å². The van der Waals surface area contributed by atoms with E-state index in [0.717, 1.165) is 0 Å². The fourth-order valence-corrected chi connectivity index (χ4v) is 0.901. The monoisotopic (exact) mass is 158 g/mol. The van der Waals surface area contributed by atoms with Crippen LogP contribution in [-0.2, 0) is 13.3 Å². The third-order valence-corrected chi connectivity index (χ3v) is 1.53. The predicted octanol–water partition coefficient (Wildman–Crippen LogP) is 2.33. The molecule has 0 aliphatic heterocycles. The topological polar surface area (TPSA) is 20.2 Å². The molecule has 0 amide bonds. The van der Waals surface area contributed by atoms with Crippen LogP contribution in [0.25, 0.3) is 0 Å². The van der Waals surface area contributed by atoms with E-state index in [1.165, 1.54) is 18.2 Å². The van der Waals surface area contributed by atoms with Crippen molar-refractivity contribution in [2.75, 3.05) is 0 Å². The van der Waals surface area contributed by atoms with Crippen LogP contribution >= 0.6 is 0 Å². The van der Waals surface area contributed by atoms with Crippen LogP contribution in [-0.4, -0.2) is 5.11 Å². The number of phenols is 1. The minimum atomic E-state index is -0.827. The van der Waals surface area contributed by atoms with E-state index in [1.807, 2.05) is 0 Å². The summed E-state index contributed by atoms with van der Waals surface area (Å²) in [6, 6.07) is 4.28. The molecule has 0 heterocycles. The molecule has 0 bridgehead atoms. The highest BCUT2D eigenvalue weighted by molar-refractivity contribution is 5.38. The lowest BCUT2D eigenvalue weighted by Crippen LogP contribution is -1.88. The number of hydrogen-bond acceptors (Lipinski definition) is 1. The van der Waals surface area contributed by atoms with E-state index >= 15 is 0 Å². The van der Waals surface area contributed by atoms with Gasteiger partial charge in [0.2, 0.25) is 0 Å². The lowest BCUT2D eigenvalue weighted by Gasteiger charge is -2.03. The molecule has 0 aliphatic carbocycles. The van der Waals surface area contributed by atoms with Crippen LogP contribution < -0.4 is 0 Å². The molecule has 0 unspecified atom stereocenters. The molecule has 1 N–H and O–H groups in total. The minimum Gasteiger partial charge on any atom is -0.508 e. The molecule has 3 heteroatoms. The van der Waals surface area contributed by atoms with Crippen molar-refractivity contribution in [2.24, 2.45) is 0 Å². The van der Waals surface area contributed by atoms with Crippen molar-refractivity contribution in [1.29, 1.82) is 0 Å². The summed E-state index contributed by atoms with van der Waals surface area (Å²) in [5.41, 5.74) is 0.266. The van der Waals surface area contributed by atoms with Gasteiger partial charge >= 0.3 is 0 Å². The van der Waals surface area contributed by atoms with Gasteiger partial charge in [0.05, 0.1) is 0 Å². The van der Waals surface area contributed by atoms with Gasteiger partial charge in [-0.2, -0.15) is 0 Å². The largest absolute Gasteiger partial charge is 0.508 e. The molecule has 0 saturated carbocycles. The fraction of sp³-hybridized carbons (Fsp3) is 0.250. The van der Waals surface area contributed by atoms with Crippen LogP contribution in [0.1, 0.15) is 11.1 Å². The van der Waals surface area contributed by atoms with Crippen molar-refractivity contribution >= 4 is 0 Å². The first kappa shape index (κ1) is 7.98. The summed E-state index contributed by atoms with van der Waals surface area (Å²) < 4.78 is 24.2. The maximum Gasteiger partial charge on any atom is 0.121 e. The summed E-state index contributed by atoms with van der Waals surface area (Å²) in [4.78, 5) is 0. The van der Waals surface area contributed by atoms with Crippen molar-refractivity contribution in [1.82, 2.24) is 0 Å². The van der Waals surface area contributed by atoms with Gasteiger partial charge in [0.1, 0.15) is 19.1 Å². The summed E-state index contributed by atoms with van der Waals surface area (Å²) in [6.45, 7) is -1.57. The van der Waals surface area contributed by atoms with E-state index in [1.54, 1.807) is 0 Å². The fourth-order valence-electron chi connectivity index (χ4n) is 0.901. The molecule has 1 rings (SSSR count). The van der Waals surface area contributed by atoms with Gasteiger partial charge < -0.3 is 5.11 Å². The van der Waals surface area contributed by atoms with Gasteiger partial charge in [0, 0.05) is 5.56 Å². The van der Waals surface area contributed by atoms with Gasteiger partial charge in [0.25, 0.3) is 0 Å². The third-order valence-electron chi connectivity index (χ3n) is 1.53. The summed E-state index contributed by atoms with van der Waals surface area (Å²) in [6.07, 6.45) is 0. The minimum absolute atomic E-state index is 0.0509. The van der Waals surface area contributed by atoms with Crippen molar-refractivity contribution in [3.05, 3.63) is 29.3 Å². The van der Waals surface area contributed by atoms with E-state index < -0.39 is 13.3 Å². The van der Waals surface area contributed by atoms with E-state index in [4.69, 9.17) is 5.11 Å². The van der Waals surface area contributed by atoms with E-state index in [9.17, 15) is 8.78 Å². The maximum absolute atomic E-state index is 12.1. The van der Waals surface area contributed by atoms with Crippen LogP contribution in [0.4, 0.5) is 8.78 Å². The average Bonchev–Trinajstić information content (AvgIpc) is 2.04. The molecule has 1 nitrogen and oxygen atoms in total. The first-order chi connectivity index (χ1) is 5.29. The predicted molar refractivity (Wildman–Crippen MR) is 37.7 cm³/mol. The van der Waals surface area contributed by atoms with E-state index in [0.29, 0.717) is 0 Å². The maximum atomic E-state index is 12.1. The van der Waals surface area contributed by atoms with Gasteiger partial charge in [0.15, 0.2) is 0 Å². The molecule has 0 fully saturated rings. The highest BCUT2D eigenvalue weighted by Gasteiger charge is 2.05. The van der Waals surface area contributed by atoms with Gasteiger partial charge in [-0.3, -0.25) is 0 Å². The number of benzene rings is 1. The number of hydrogen-bond donors (Lipinski definition) is 1.